The molecule has 0 spiro atoms. The van der Waals surface area contributed by atoms with Gasteiger partial charge in [-0.2, -0.15) is 0 Å². The van der Waals surface area contributed by atoms with Crippen molar-refractivity contribution in [1.29, 1.82) is 0 Å². The molecule has 0 aliphatic heterocycles. The van der Waals surface area contributed by atoms with Crippen molar-refractivity contribution in [2.24, 2.45) is 0 Å². The summed E-state index contributed by atoms with van der Waals surface area (Å²) in [6.07, 6.45) is 0. The first-order chi connectivity index (χ1) is 4.12. The van der Waals surface area contributed by atoms with Crippen molar-refractivity contribution in [2.45, 2.75) is 26.4 Å². The van der Waals surface area contributed by atoms with Gasteiger partial charge < -0.3 is 4.74 Å². The molecule has 0 saturated carbocycles. The third-order valence-corrected chi connectivity index (χ3v) is 0.951. The fourth-order valence-electron chi connectivity index (χ4n) is 0.474. The summed E-state index contributed by atoms with van der Waals surface area (Å²) in [5.41, 5.74) is -0.392. The molecular formula is C7H11ClO. The third kappa shape index (κ3) is 4.32. The highest BCUT2D eigenvalue weighted by Crippen LogP contribution is 2.06. The number of ether oxygens (including phenoxy) is 1. The summed E-state index contributed by atoms with van der Waals surface area (Å²) < 4.78 is 5.06. The number of hydrogen-bond acceptors (Lipinski definition) is 1. The number of hydrogen-bond donors (Lipinski definition) is 0. The summed E-state index contributed by atoms with van der Waals surface area (Å²) in [7, 11) is 0. The SMILES string of the molecule is CC#CC(C)(C)OCCl. The fraction of sp³-hybridized carbons (Fsp3) is 0.714. The van der Waals surface area contributed by atoms with E-state index in [9.17, 15) is 0 Å². The quantitative estimate of drug-likeness (QED) is 0.428. The molecule has 0 aliphatic carbocycles. The van der Waals surface area contributed by atoms with E-state index in [0.29, 0.717) is 0 Å². The molecule has 0 fully saturated rings. The van der Waals surface area contributed by atoms with Gasteiger partial charge in [-0.15, -0.1) is 5.92 Å². The standard InChI is InChI=1S/C7H11ClO/c1-4-5-7(2,3)9-6-8/h6H2,1-3H3. The predicted molar refractivity (Wildman–Crippen MR) is 39.3 cm³/mol. The van der Waals surface area contributed by atoms with Gasteiger partial charge in [0.25, 0.3) is 0 Å². The lowest BCUT2D eigenvalue weighted by Gasteiger charge is -2.15. The molecule has 0 aromatic heterocycles. The van der Waals surface area contributed by atoms with E-state index in [0.717, 1.165) is 0 Å². The van der Waals surface area contributed by atoms with Gasteiger partial charge in [0.05, 0.1) is 0 Å². The zero-order valence-corrected chi connectivity index (χ0v) is 6.75. The molecule has 0 bridgehead atoms. The van der Waals surface area contributed by atoms with Gasteiger partial charge in [0, 0.05) is 0 Å². The maximum atomic E-state index is 5.33. The van der Waals surface area contributed by atoms with E-state index in [-0.39, 0.29) is 6.07 Å². The lowest BCUT2D eigenvalue weighted by Crippen LogP contribution is -2.20. The van der Waals surface area contributed by atoms with Gasteiger partial charge in [0.1, 0.15) is 11.7 Å². The zero-order chi connectivity index (χ0) is 7.33. The minimum atomic E-state index is -0.392. The zero-order valence-electron chi connectivity index (χ0n) is 5.99. The fourth-order valence-corrected chi connectivity index (χ4v) is 0.746. The molecule has 0 radical (unpaired) electrons. The van der Waals surface area contributed by atoms with E-state index in [1.54, 1.807) is 6.92 Å². The van der Waals surface area contributed by atoms with Crippen LogP contribution in [0.3, 0.4) is 0 Å². The first-order valence-electron chi connectivity index (χ1n) is 2.76. The average Bonchev–Trinajstić information content (AvgIpc) is 1.64. The average molecular weight is 147 g/mol. The topological polar surface area (TPSA) is 9.23 Å². The van der Waals surface area contributed by atoms with Crippen molar-refractivity contribution in [3.63, 3.8) is 0 Å². The summed E-state index contributed by atoms with van der Waals surface area (Å²) in [6, 6.07) is 0.196. The van der Waals surface area contributed by atoms with Crippen LogP contribution in [0.2, 0.25) is 0 Å². The molecule has 0 N–H and O–H groups in total. The van der Waals surface area contributed by atoms with Gasteiger partial charge in [-0.25, -0.2) is 0 Å². The highest BCUT2D eigenvalue weighted by atomic mass is 35.5. The third-order valence-electron chi connectivity index (χ3n) is 0.841. The van der Waals surface area contributed by atoms with Gasteiger partial charge in [-0.05, 0) is 20.8 Å². The number of halogens is 1. The van der Waals surface area contributed by atoms with Crippen LogP contribution < -0.4 is 0 Å². The van der Waals surface area contributed by atoms with Crippen LogP contribution in [0.15, 0.2) is 0 Å². The summed E-state index contributed by atoms with van der Waals surface area (Å²) in [5.74, 6) is 5.63. The van der Waals surface area contributed by atoms with Gasteiger partial charge in [-0.1, -0.05) is 17.5 Å². The first kappa shape index (κ1) is 8.81. The summed E-state index contributed by atoms with van der Waals surface area (Å²) >= 11 is 5.33. The van der Waals surface area contributed by atoms with Crippen molar-refractivity contribution in [2.75, 3.05) is 6.07 Å². The second-order valence-corrected chi connectivity index (χ2v) is 2.36. The number of alkyl halides is 1. The molecule has 0 aromatic rings. The molecule has 0 aromatic carbocycles. The van der Waals surface area contributed by atoms with Crippen molar-refractivity contribution < 1.29 is 4.74 Å². The monoisotopic (exact) mass is 146 g/mol. The van der Waals surface area contributed by atoms with Crippen molar-refractivity contribution >= 4 is 11.6 Å². The minimum Gasteiger partial charge on any atom is -0.347 e. The maximum Gasteiger partial charge on any atom is 0.124 e. The first-order valence-corrected chi connectivity index (χ1v) is 3.29. The van der Waals surface area contributed by atoms with Crippen molar-refractivity contribution in [3.8, 4) is 11.8 Å². The lowest BCUT2D eigenvalue weighted by molar-refractivity contribution is 0.0593. The molecule has 2 heteroatoms. The second kappa shape index (κ2) is 3.76. The molecule has 0 amide bonds. The van der Waals surface area contributed by atoms with E-state index in [2.05, 4.69) is 11.8 Å². The summed E-state index contributed by atoms with van der Waals surface area (Å²) in [4.78, 5) is 0. The number of rotatable bonds is 2. The van der Waals surface area contributed by atoms with Gasteiger partial charge >= 0.3 is 0 Å². The Kier molecular flexibility index (Phi) is 3.68. The smallest absolute Gasteiger partial charge is 0.124 e. The molecule has 9 heavy (non-hydrogen) atoms. The van der Waals surface area contributed by atoms with Crippen molar-refractivity contribution in [3.05, 3.63) is 0 Å². The van der Waals surface area contributed by atoms with Gasteiger partial charge in [-0.3, -0.25) is 0 Å². The second-order valence-electron chi connectivity index (χ2n) is 2.14. The Morgan fingerprint density at radius 3 is 2.44 bits per heavy atom. The Balaban J connectivity index is 3.80. The van der Waals surface area contributed by atoms with Crippen LogP contribution in [-0.4, -0.2) is 11.7 Å². The molecule has 0 unspecified atom stereocenters. The van der Waals surface area contributed by atoms with Crippen LogP contribution in [0, 0.1) is 11.8 Å². The van der Waals surface area contributed by atoms with Crippen molar-refractivity contribution in [1.82, 2.24) is 0 Å². The minimum absolute atomic E-state index is 0.196. The van der Waals surface area contributed by atoms with E-state index in [1.165, 1.54) is 0 Å². The van der Waals surface area contributed by atoms with E-state index in [4.69, 9.17) is 16.3 Å². The molecule has 52 valence electrons. The lowest BCUT2D eigenvalue weighted by atomic mass is 10.1. The summed E-state index contributed by atoms with van der Waals surface area (Å²) in [5, 5.41) is 0. The molecule has 0 saturated heterocycles. The van der Waals surface area contributed by atoms with Crippen LogP contribution in [-0.2, 0) is 4.74 Å². The Morgan fingerprint density at radius 1 is 1.56 bits per heavy atom. The maximum absolute atomic E-state index is 5.33. The largest absolute Gasteiger partial charge is 0.347 e. The predicted octanol–water partition coefficient (Wildman–Crippen LogP) is 2.00. The van der Waals surface area contributed by atoms with Crippen LogP contribution >= 0.6 is 11.6 Å². The van der Waals surface area contributed by atoms with E-state index in [1.807, 2.05) is 13.8 Å². The van der Waals surface area contributed by atoms with Crippen LogP contribution in [0.25, 0.3) is 0 Å². The molecule has 0 heterocycles. The van der Waals surface area contributed by atoms with Crippen LogP contribution in [0.4, 0.5) is 0 Å². The highest BCUT2D eigenvalue weighted by molar-refractivity contribution is 6.17. The molecule has 0 rings (SSSR count). The summed E-state index contributed by atoms with van der Waals surface area (Å²) in [6.45, 7) is 5.54. The molecule has 0 aliphatic rings. The normalized spacial score (nSPS) is 10.2. The molecule has 0 atom stereocenters. The van der Waals surface area contributed by atoms with Gasteiger partial charge in [0.2, 0.25) is 0 Å². The Labute approximate surface area is 61.3 Å². The Morgan fingerprint density at radius 2 is 2.11 bits per heavy atom. The Hall–Kier alpha value is -0.190. The molecule has 1 nitrogen and oxygen atoms in total. The molecular weight excluding hydrogens is 136 g/mol. The van der Waals surface area contributed by atoms with Gasteiger partial charge in [0.15, 0.2) is 0 Å². The van der Waals surface area contributed by atoms with Crippen LogP contribution in [0.5, 0.6) is 0 Å². The van der Waals surface area contributed by atoms with Crippen LogP contribution in [0.1, 0.15) is 20.8 Å². The Bertz CT molecular complexity index is 130. The van der Waals surface area contributed by atoms with E-state index < -0.39 is 5.60 Å². The van der Waals surface area contributed by atoms with E-state index >= 15 is 0 Å². The highest BCUT2D eigenvalue weighted by Gasteiger charge is 2.12.